The van der Waals surface area contributed by atoms with E-state index in [-0.39, 0.29) is 23.4 Å². The zero-order chi connectivity index (χ0) is 23.4. The Balaban J connectivity index is 1.51. The van der Waals surface area contributed by atoms with Crippen LogP contribution in [0.2, 0.25) is 0 Å². The van der Waals surface area contributed by atoms with Gasteiger partial charge in [0.2, 0.25) is 15.9 Å². The van der Waals surface area contributed by atoms with Gasteiger partial charge < -0.3 is 10.1 Å². The van der Waals surface area contributed by atoms with Gasteiger partial charge in [0.05, 0.1) is 24.0 Å². The van der Waals surface area contributed by atoms with E-state index in [2.05, 4.69) is 5.32 Å². The Bertz CT molecular complexity index is 1170. The van der Waals surface area contributed by atoms with Gasteiger partial charge in [-0.2, -0.15) is 4.31 Å². The first-order chi connectivity index (χ1) is 15.9. The molecule has 1 aliphatic heterocycles. The maximum Gasteiger partial charge on any atom is 0.243 e. The van der Waals surface area contributed by atoms with Crippen LogP contribution in [-0.2, 0) is 14.8 Å². The first-order valence-electron chi connectivity index (χ1n) is 10.9. The molecule has 1 aliphatic rings. The highest BCUT2D eigenvalue weighted by atomic mass is 32.2. The Morgan fingerprint density at radius 3 is 2.48 bits per heavy atom. The third-order valence-corrected chi connectivity index (χ3v) is 8.79. The molecular formula is C25H28N2O4S2. The van der Waals surface area contributed by atoms with Gasteiger partial charge in [0.1, 0.15) is 5.75 Å². The van der Waals surface area contributed by atoms with Crippen molar-refractivity contribution in [2.45, 2.75) is 30.7 Å². The maximum atomic E-state index is 13.3. The number of aryl methyl sites for hydroxylation is 1. The fraction of sp³-hybridized carbons (Fsp3) is 0.320. The maximum absolute atomic E-state index is 13.3. The minimum Gasteiger partial charge on any atom is -0.497 e. The lowest BCUT2D eigenvalue weighted by Crippen LogP contribution is -2.46. The van der Waals surface area contributed by atoms with Gasteiger partial charge in [-0.25, -0.2) is 8.42 Å². The molecule has 0 spiro atoms. The third-order valence-electron chi connectivity index (χ3n) is 5.98. The van der Waals surface area contributed by atoms with Crippen LogP contribution >= 0.6 is 11.3 Å². The monoisotopic (exact) mass is 484 g/mol. The average Bonchev–Trinajstić information content (AvgIpc) is 3.38. The van der Waals surface area contributed by atoms with Crippen molar-refractivity contribution in [1.82, 2.24) is 9.62 Å². The number of nitrogens with one attached hydrogen (secondary N) is 1. The molecule has 4 rings (SSSR count). The second-order valence-corrected chi connectivity index (χ2v) is 11.2. The van der Waals surface area contributed by atoms with E-state index in [0.717, 1.165) is 16.0 Å². The molecule has 6 nitrogen and oxygen atoms in total. The quantitative estimate of drug-likeness (QED) is 0.540. The SMILES string of the molecule is COc1ccc(S(=O)(=O)N2CCCC(C(=O)NC(c3ccc(C)cc3)c3cccs3)C2)cc1. The van der Waals surface area contributed by atoms with Crippen molar-refractivity contribution in [2.24, 2.45) is 5.92 Å². The van der Waals surface area contributed by atoms with Crippen molar-refractivity contribution in [1.29, 1.82) is 0 Å². The molecule has 0 radical (unpaired) electrons. The number of sulfonamides is 1. The number of nitrogens with zero attached hydrogens (tertiary/aromatic N) is 1. The van der Waals surface area contributed by atoms with Crippen molar-refractivity contribution in [3.8, 4) is 5.75 Å². The van der Waals surface area contributed by atoms with E-state index in [1.807, 2.05) is 48.7 Å². The van der Waals surface area contributed by atoms with E-state index in [0.29, 0.717) is 25.1 Å². The molecule has 0 bridgehead atoms. The first-order valence-corrected chi connectivity index (χ1v) is 13.2. The molecule has 2 aromatic carbocycles. The molecule has 0 saturated carbocycles. The van der Waals surface area contributed by atoms with E-state index in [1.165, 1.54) is 11.4 Å². The first kappa shape index (κ1) is 23.5. The van der Waals surface area contributed by atoms with E-state index in [4.69, 9.17) is 4.74 Å². The zero-order valence-electron chi connectivity index (χ0n) is 18.7. The van der Waals surface area contributed by atoms with Crippen molar-refractivity contribution in [2.75, 3.05) is 20.2 Å². The summed E-state index contributed by atoms with van der Waals surface area (Å²) in [6, 6.07) is 18.2. The number of hydrogen-bond acceptors (Lipinski definition) is 5. The minimum absolute atomic E-state index is 0.122. The molecule has 1 fully saturated rings. The average molecular weight is 485 g/mol. The van der Waals surface area contributed by atoms with Crippen molar-refractivity contribution < 1.29 is 17.9 Å². The highest BCUT2D eigenvalue weighted by molar-refractivity contribution is 7.89. The molecule has 3 aromatic rings. The molecule has 1 saturated heterocycles. The van der Waals surface area contributed by atoms with Gasteiger partial charge in [0.25, 0.3) is 0 Å². The predicted molar refractivity (Wildman–Crippen MR) is 130 cm³/mol. The van der Waals surface area contributed by atoms with Gasteiger partial charge in [-0.15, -0.1) is 11.3 Å². The van der Waals surface area contributed by atoms with Crippen LogP contribution in [0.5, 0.6) is 5.75 Å². The smallest absolute Gasteiger partial charge is 0.243 e. The van der Waals surface area contributed by atoms with E-state index >= 15 is 0 Å². The Kier molecular flexibility index (Phi) is 7.17. The molecule has 2 heterocycles. The molecule has 174 valence electrons. The fourth-order valence-electron chi connectivity index (χ4n) is 4.06. The zero-order valence-corrected chi connectivity index (χ0v) is 20.4. The summed E-state index contributed by atoms with van der Waals surface area (Å²) in [5, 5.41) is 5.18. The second kappa shape index (κ2) is 10.1. The highest BCUT2D eigenvalue weighted by Crippen LogP contribution is 2.29. The lowest BCUT2D eigenvalue weighted by Gasteiger charge is -2.32. The molecular weight excluding hydrogens is 456 g/mol. The number of carbonyl (C=O) groups is 1. The number of piperidine rings is 1. The summed E-state index contributed by atoms with van der Waals surface area (Å²) in [6.07, 6.45) is 1.30. The number of benzene rings is 2. The van der Waals surface area contributed by atoms with Crippen molar-refractivity contribution in [3.05, 3.63) is 82.0 Å². The molecule has 1 aromatic heterocycles. The number of thiophene rings is 1. The van der Waals surface area contributed by atoms with Gasteiger partial charge in [-0.05, 0) is 61.0 Å². The van der Waals surface area contributed by atoms with Crippen LogP contribution in [-0.4, -0.2) is 38.8 Å². The van der Waals surface area contributed by atoms with Gasteiger partial charge in [0.15, 0.2) is 0 Å². The predicted octanol–water partition coefficient (Wildman–Crippen LogP) is 4.37. The van der Waals surface area contributed by atoms with E-state index < -0.39 is 15.9 Å². The Labute approximate surface area is 199 Å². The molecule has 33 heavy (non-hydrogen) atoms. The van der Waals surface area contributed by atoms with Gasteiger partial charge >= 0.3 is 0 Å². The summed E-state index contributed by atoms with van der Waals surface area (Å²) in [7, 11) is -2.14. The highest BCUT2D eigenvalue weighted by Gasteiger charge is 2.34. The Hall–Kier alpha value is -2.68. The standard InChI is InChI=1S/C25H28N2O4S2/c1-18-7-9-19(10-8-18)24(23-6-4-16-32-23)26-25(28)20-5-3-15-27(17-20)33(29,30)22-13-11-21(31-2)12-14-22/h4,6-14,16,20,24H,3,5,15,17H2,1-2H3,(H,26,28). The number of carbonyl (C=O) groups excluding carboxylic acids is 1. The van der Waals surface area contributed by atoms with Crippen molar-refractivity contribution >= 4 is 27.3 Å². The van der Waals surface area contributed by atoms with Gasteiger partial charge in [-0.1, -0.05) is 35.9 Å². The summed E-state index contributed by atoms with van der Waals surface area (Å²) in [4.78, 5) is 14.5. The second-order valence-electron chi connectivity index (χ2n) is 8.25. The number of rotatable bonds is 7. The van der Waals surface area contributed by atoms with Crippen LogP contribution in [0.25, 0.3) is 0 Å². The molecule has 1 amide bonds. The molecule has 1 N–H and O–H groups in total. The molecule has 2 atom stereocenters. The van der Waals surface area contributed by atoms with Gasteiger partial charge in [-0.3, -0.25) is 4.79 Å². The summed E-state index contributed by atoms with van der Waals surface area (Å²) >= 11 is 1.59. The van der Waals surface area contributed by atoms with E-state index in [9.17, 15) is 13.2 Å². The van der Waals surface area contributed by atoms with Crippen molar-refractivity contribution in [3.63, 3.8) is 0 Å². The lowest BCUT2D eigenvalue weighted by atomic mass is 9.97. The molecule has 8 heteroatoms. The summed E-state index contributed by atoms with van der Waals surface area (Å²) in [6.45, 7) is 2.61. The molecule has 0 aliphatic carbocycles. The normalized spacial score (nSPS) is 17.9. The van der Waals surface area contributed by atoms with Crippen LogP contribution in [0.4, 0.5) is 0 Å². The largest absolute Gasteiger partial charge is 0.497 e. The number of methoxy groups -OCH3 is 1. The summed E-state index contributed by atoms with van der Waals surface area (Å²) in [5.74, 6) is 0.0730. The summed E-state index contributed by atoms with van der Waals surface area (Å²) < 4.78 is 32.9. The van der Waals surface area contributed by atoms with Gasteiger partial charge in [0, 0.05) is 18.0 Å². The minimum atomic E-state index is -3.68. The van der Waals surface area contributed by atoms with Crippen LogP contribution in [0.3, 0.4) is 0 Å². The lowest BCUT2D eigenvalue weighted by molar-refractivity contribution is -0.126. The Morgan fingerprint density at radius 1 is 1.12 bits per heavy atom. The van der Waals surface area contributed by atoms with Crippen LogP contribution in [0, 0.1) is 12.8 Å². The van der Waals surface area contributed by atoms with E-state index in [1.54, 1.807) is 35.6 Å². The number of ether oxygens (including phenoxy) is 1. The topological polar surface area (TPSA) is 75.7 Å². The van der Waals surface area contributed by atoms with Crippen LogP contribution in [0.15, 0.2) is 70.9 Å². The van der Waals surface area contributed by atoms with Crippen LogP contribution < -0.4 is 10.1 Å². The number of amides is 1. The number of hydrogen-bond donors (Lipinski definition) is 1. The molecule has 2 unspecified atom stereocenters. The third kappa shape index (κ3) is 5.29. The Morgan fingerprint density at radius 2 is 1.85 bits per heavy atom. The van der Waals surface area contributed by atoms with Crippen LogP contribution in [0.1, 0.15) is 34.9 Å². The summed E-state index contributed by atoms with van der Waals surface area (Å²) in [5.41, 5.74) is 2.16. The fourth-order valence-corrected chi connectivity index (χ4v) is 6.39.